The number of nitrogens with one attached hydrogen (secondary N) is 1. The van der Waals surface area contributed by atoms with Crippen molar-refractivity contribution < 1.29 is 18.3 Å². The van der Waals surface area contributed by atoms with Gasteiger partial charge < -0.3 is 19.9 Å². The molecule has 2 aliphatic rings. The molecular formula is C16H19F2N3O2S. The van der Waals surface area contributed by atoms with Crippen molar-refractivity contribution in [2.75, 3.05) is 38.1 Å². The number of nitrogens with zero attached hydrogens (tertiary/aromatic N) is 2. The molecule has 0 unspecified atom stereocenters. The SMILES string of the molecule is O=C([C@@H]1CCCO1)N1CCN(C(=S)Nc2ccc(F)cc2F)CC1. The summed E-state index contributed by atoms with van der Waals surface area (Å²) in [4.78, 5) is 16.0. The first-order valence-electron chi connectivity index (χ1n) is 7.96. The standard InChI is InChI=1S/C16H19F2N3O2S/c17-11-3-4-13(12(18)10-11)19-16(24)21-7-5-20(6-8-21)15(22)14-2-1-9-23-14/h3-4,10,14H,1-2,5-9H2,(H,19,24)/t14-/m0/s1. The Balaban J connectivity index is 1.52. The minimum absolute atomic E-state index is 0.0376. The summed E-state index contributed by atoms with van der Waals surface area (Å²) < 4.78 is 32.0. The Morgan fingerprint density at radius 3 is 2.54 bits per heavy atom. The van der Waals surface area contributed by atoms with E-state index in [4.69, 9.17) is 17.0 Å². The number of ether oxygens (including phenoxy) is 1. The van der Waals surface area contributed by atoms with Gasteiger partial charge in [-0.1, -0.05) is 0 Å². The number of thiocarbonyl (C=S) groups is 1. The highest BCUT2D eigenvalue weighted by Gasteiger charge is 2.30. The van der Waals surface area contributed by atoms with Gasteiger partial charge in [0.2, 0.25) is 0 Å². The fourth-order valence-electron chi connectivity index (χ4n) is 2.89. The lowest BCUT2D eigenvalue weighted by atomic mass is 10.2. The van der Waals surface area contributed by atoms with E-state index < -0.39 is 11.6 Å². The van der Waals surface area contributed by atoms with E-state index in [1.165, 1.54) is 12.1 Å². The fraction of sp³-hybridized carbons (Fsp3) is 0.500. The molecule has 5 nitrogen and oxygen atoms in total. The van der Waals surface area contributed by atoms with Crippen LogP contribution in [0.1, 0.15) is 12.8 Å². The average molecular weight is 355 g/mol. The quantitative estimate of drug-likeness (QED) is 0.822. The van der Waals surface area contributed by atoms with Gasteiger partial charge in [-0.15, -0.1) is 0 Å². The Morgan fingerprint density at radius 2 is 1.92 bits per heavy atom. The lowest BCUT2D eigenvalue weighted by molar-refractivity contribution is -0.142. The molecule has 0 aromatic heterocycles. The summed E-state index contributed by atoms with van der Waals surface area (Å²) in [6.45, 7) is 2.87. The van der Waals surface area contributed by atoms with Gasteiger partial charge >= 0.3 is 0 Å². The van der Waals surface area contributed by atoms with Gasteiger partial charge in [0.15, 0.2) is 5.11 Å². The first-order chi connectivity index (χ1) is 11.5. The van der Waals surface area contributed by atoms with Crippen LogP contribution in [0.2, 0.25) is 0 Å². The molecule has 1 amide bonds. The maximum atomic E-state index is 13.7. The van der Waals surface area contributed by atoms with Crippen LogP contribution < -0.4 is 5.32 Å². The highest BCUT2D eigenvalue weighted by atomic mass is 32.1. The van der Waals surface area contributed by atoms with Crippen molar-refractivity contribution in [1.29, 1.82) is 0 Å². The maximum Gasteiger partial charge on any atom is 0.251 e. The molecule has 0 aliphatic carbocycles. The largest absolute Gasteiger partial charge is 0.368 e. The van der Waals surface area contributed by atoms with Crippen molar-refractivity contribution in [2.24, 2.45) is 0 Å². The van der Waals surface area contributed by atoms with Crippen LogP contribution in [0, 0.1) is 11.6 Å². The molecule has 130 valence electrons. The molecule has 0 radical (unpaired) electrons. The molecule has 0 saturated carbocycles. The predicted molar refractivity (Wildman–Crippen MR) is 89.7 cm³/mol. The van der Waals surface area contributed by atoms with E-state index in [0.29, 0.717) is 37.9 Å². The molecule has 0 spiro atoms. The Labute approximate surface area is 144 Å². The molecule has 2 aliphatic heterocycles. The molecule has 3 rings (SSSR count). The number of benzene rings is 1. The van der Waals surface area contributed by atoms with Crippen LogP contribution in [0.5, 0.6) is 0 Å². The number of rotatable bonds is 2. The number of amides is 1. The third-order valence-electron chi connectivity index (χ3n) is 4.26. The molecule has 1 atom stereocenters. The number of carbonyl (C=O) groups excluding carboxylic acids is 1. The van der Waals surface area contributed by atoms with E-state index in [9.17, 15) is 13.6 Å². The Kier molecular flexibility index (Phi) is 5.25. The fourth-order valence-corrected chi connectivity index (χ4v) is 3.18. The second-order valence-electron chi connectivity index (χ2n) is 5.87. The molecule has 2 saturated heterocycles. The molecule has 24 heavy (non-hydrogen) atoms. The molecule has 1 aromatic rings. The summed E-state index contributed by atoms with van der Waals surface area (Å²) in [6, 6.07) is 3.30. The van der Waals surface area contributed by atoms with Crippen LogP contribution in [0.4, 0.5) is 14.5 Å². The minimum atomic E-state index is -0.690. The third-order valence-corrected chi connectivity index (χ3v) is 4.62. The molecule has 0 bridgehead atoms. The topological polar surface area (TPSA) is 44.8 Å². The number of anilines is 1. The van der Waals surface area contributed by atoms with Gasteiger partial charge in [0.25, 0.3) is 5.91 Å². The van der Waals surface area contributed by atoms with Gasteiger partial charge in [0.05, 0.1) is 5.69 Å². The summed E-state index contributed by atoms with van der Waals surface area (Å²) in [7, 11) is 0. The zero-order valence-corrected chi connectivity index (χ0v) is 14.0. The summed E-state index contributed by atoms with van der Waals surface area (Å²) in [5.74, 6) is -1.29. The first kappa shape index (κ1) is 17.0. The summed E-state index contributed by atoms with van der Waals surface area (Å²) >= 11 is 5.29. The minimum Gasteiger partial charge on any atom is -0.368 e. The van der Waals surface area contributed by atoms with Gasteiger partial charge in [-0.25, -0.2) is 8.78 Å². The van der Waals surface area contributed by atoms with E-state index in [1.54, 1.807) is 4.90 Å². The van der Waals surface area contributed by atoms with Crippen molar-refractivity contribution in [3.8, 4) is 0 Å². The van der Waals surface area contributed by atoms with Gasteiger partial charge in [0.1, 0.15) is 17.7 Å². The molecule has 8 heteroatoms. The Hall–Kier alpha value is -1.80. The Morgan fingerprint density at radius 1 is 1.21 bits per heavy atom. The van der Waals surface area contributed by atoms with Crippen LogP contribution in [0.15, 0.2) is 18.2 Å². The monoisotopic (exact) mass is 355 g/mol. The second kappa shape index (κ2) is 7.40. The third kappa shape index (κ3) is 3.81. The molecule has 2 heterocycles. The molecule has 1 N–H and O–H groups in total. The van der Waals surface area contributed by atoms with Crippen molar-refractivity contribution in [3.63, 3.8) is 0 Å². The lowest BCUT2D eigenvalue weighted by Crippen LogP contribution is -2.53. The van der Waals surface area contributed by atoms with Crippen molar-refractivity contribution in [3.05, 3.63) is 29.8 Å². The highest BCUT2D eigenvalue weighted by Crippen LogP contribution is 2.18. The number of carbonyl (C=O) groups is 1. The van der Waals surface area contributed by atoms with Crippen LogP contribution in [0.3, 0.4) is 0 Å². The smallest absolute Gasteiger partial charge is 0.251 e. The van der Waals surface area contributed by atoms with Gasteiger partial charge in [-0.05, 0) is 37.2 Å². The predicted octanol–water partition coefficient (Wildman–Crippen LogP) is 1.98. The zero-order chi connectivity index (χ0) is 17.1. The van der Waals surface area contributed by atoms with Crippen LogP contribution in [0.25, 0.3) is 0 Å². The van der Waals surface area contributed by atoms with Gasteiger partial charge in [-0.3, -0.25) is 4.79 Å². The first-order valence-corrected chi connectivity index (χ1v) is 8.37. The maximum absolute atomic E-state index is 13.7. The summed E-state index contributed by atoms with van der Waals surface area (Å²) in [6.07, 6.45) is 1.39. The molecule has 1 aromatic carbocycles. The second-order valence-corrected chi connectivity index (χ2v) is 6.26. The van der Waals surface area contributed by atoms with E-state index in [2.05, 4.69) is 5.32 Å². The van der Waals surface area contributed by atoms with E-state index in [1.807, 2.05) is 4.90 Å². The highest BCUT2D eigenvalue weighted by molar-refractivity contribution is 7.80. The number of halogens is 2. The van der Waals surface area contributed by atoms with E-state index >= 15 is 0 Å². The van der Waals surface area contributed by atoms with Crippen molar-refractivity contribution >= 4 is 28.9 Å². The molecular weight excluding hydrogens is 336 g/mol. The van der Waals surface area contributed by atoms with Crippen LogP contribution in [-0.2, 0) is 9.53 Å². The van der Waals surface area contributed by atoms with Crippen molar-refractivity contribution in [2.45, 2.75) is 18.9 Å². The number of hydrogen-bond donors (Lipinski definition) is 1. The summed E-state index contributed by atoms with van der Waals surface area (Å²) in [5.41, 5.74) is 0.138. The normalized spacial score (nSPS) is 21.0. The van der Waals surface area contributed by atoms with Gasteiger partial charge in [0, 0.05) is 38.9 Å². The average Bonchev–Trinajstić information content (AvgIpc) is 3.11. The van der Waals surface area contributed by atoms with E-state index in [-0.39, 0.29) is 17.7 Å². The Bertz CT molecular complexity index is 630. The summed E-state index contributed by atoms with van der Waals surface area (Å²) in [5, 5.41) is 3.16. The van der Waals surface area contributed by atoms with Crippen LogP contribution >= 0.6 is 12.2 Å². The number of hydrogen-bond acceptors (Lipinski definition) is 3. The van der Waals surface area contributed by atoms with Crippen LogP contribution in [-0.4, -0.2) is 59.7 Å². The van der Waals surface area contributed by atoms with Gasteiger partial charge in [-0.2, -0.15) is 0 Å². The van der Waals surface area contributed by atoms with Crippen molar-refractivity contribution in [1.82, 2.24) is 9.80 Å². The zero-order valence-electron chi connectivity index (χ0n) is 13.1. The molecule has 2 fully saturated rings. The van der Waals surface area contributed by atoms with E-state index in [0.717, 1.165) is 18.9 Å². The number of piperazine rings is 1. The lowest BCUT2D eigenvalue weighted by Gasteiger charge is -2.37.